The van der Waals surface area contributed by atoms with Crippen molar-refractivity contribution in [2.24, 2.45) is 0 Å². The van der Waals surface area contributed by atoms with E-state index in [2.05, 4.69) is 41.9 Å². The van der Waals surface area contributed by atoms with Gasteiger partial charge in [-0.2, -0.15) is 4.72 Å². The van der Waals surface area contributed by atoms with Crippen molar-refractivity contribution < 1.29 is 13.2 Å². The molecule has 0 aliphatic heterocycles. The minimum Gasteiger partial charge on any atom is -0.325 e. The van der Waals surface area contributed by atoms with E-state index in [4.69, 9.17) is 0 Å². The van der Waals surface area contributed by atoms with Crippen molar-refractivity contribution in [1.82, 2.24) is 4.72 Å². The molecule has 150 valence electrons. The number of hydrogen-bond donors (Lipinski definition) is 2. The standard InChI is InChI=1S/C21H18Br2N2O3S/c22-16-6-10-18(11-7-16)24-21(26)20(14-15-4-2-1-3-5-15)25-29(27,28)19-12-8-17(23)9-13-19/h1-13,20,25H,14H2,(H,24,26)/t20-/m1/s1. The molecule has 0 radical (unpaired) electrons. The topological polar surface area (TPSA) is 75.3 Å². The maximum atomic E-state index is 12.9. The third-order valence-corrected chi connectivity index (χ3v) is 6.68. The van der Waals surface area contributed by atoms with E-state index in [1.54, 1.807) is 36.4 Å². The van der Waals surface area contributed by atoms with Crippen LogP contribution in [0.3, 0.4) is 0 Å². The van der Waals surface area contributed by atoms with E-state index in [1.807, 2.05) is 30.3 Å². The third-order valence-electron chi connectivity index (χ3n) is 4.13. The second-order valence-electron chi connectivity index (χ2n) is 6.31. The Hall–Kier alpha value is -2.00. The molecule has 8 heteroatoms. The molecule has 2 N–H and O–H groups in total. The van der Waals surface area contributed by atoms with Gasteiger partial charge in [-0.25, -0.2) is 8.42 Å². The van der Waals surface area contributed by atoms with Gasteiger partial charge in [0.15, 0.2) is 0 Å². The maximum absolute atomic E-state index is 12.9. The zero-order valence-electron chi connectivity index (χ0n) is 15.2. The first-order valence-corrected chi connectivity index (χ1v) is 11.8. The summed E-state index contributed by atoms with van der Waals surface area (Å²) in [7, 11) is -3.88. The van der Waals surface area contributed by atoms with Crippen molar-refractivity contribution in [2.45, 2.75) is 17.4 Å². The number of benzene rings is 3. The van der Waals surface area contributed by atoms with Gasteiger partial charge < -0.3 is 5.32 Å². The highest BCUT2D eigenvalue weighted by atomic mass is 79.9. The number of amides is 1. The zero-order chi connectivity index (χ0) is 20.9. The third kappa shape index (κ3) is 6.24. The van der Waals surface area contributed by atoms with Crippen LogP contribution in [0, 0.1) is 0 Å². The minimum absolute atomic E-state index is 0.0928. The van der Waals surface area contributed by atoms with E-state index in [1.165, 1.54) is 12.1 Å². The molecule has 3 rings (SSSR count). The lowest BCUT2D eigenvalue weighted by Gasteiger charge is -2.19. The molecule has 29 heavy (non-hydrogen) atoms. The monoisotopic (exact) mass is 536 g/mol. The van der Waals surface area contributed by atoms with E-state index in [0.29, 0.717) is 5.69 Å². The molecule has 3 aromatic rings. The van der Waals surface area contributed by atoms with E-state index >= 15 is 0 Å². The maximum Gasteiger partial charge on any atom is 0.242 e. The van der Waals surface area contributed by atoms with Gasteiger partial charge in [-0.3, -0.25) is 4.79 Å². The van der Waals surface area contributed by atoms with Gasteiger partial charge in [-0.15, -0.1) is 0 Å². The lowest BCUT2D eigenvalue weighted by atomic mass is 10.1. The summed E-state index contributed by atoms with van der Waals surface area (Å²) in [6.45, 7) is 0. The summed E-state index contributed by atoms with van der Waals surface area (Å²) in [5.41, 5.74) is 1.43. The lowest BCUT2D eigenvalue weighted by Crippen LogP contribution is -2.45. The molecule has 0 aliphatic carbocycles. The van der Waals surface area contributed by atoms with Gasteiger partial charge in [0, 0.05) is 14.6 Å². The Balaban J connectivity index is 1.84. The molecule has 1 amide bonds. The molecule has 0 unspecified atom stereocenters. The fourth-order valence-electron chi connectivity index (χ4n) is 2.67. The second kappa shape index (κ2) is 9.67. The van der Waals surface area contributed by atoms with Crippen molar-refractivity contribution in [1.29, 1.82) is 0 Å². The Morgan fingerprint density at radius 2 is 1.38 bits per heavy atom. The van der Waals surface area contributed by atoms with Crippen LogP contribution in [0.1, 0.15) is 5.56 Å². The van der Waals surface area contributed by atoms with Crippen molar-refractivity contribution in [3.8, 4) is 0 Å². The number of sulfonamides is 1. The van der Waals surface area contributed by atoms with Crippen molar-refractivity contribution in [2.75, 3.05) is 5.32 Å². The predicted molar refractivity (Wildman–Crippen MR) is 121 cm³/mol. The first kappa shape index (κ1) is 21.7. The first-order valence-electron chi connectivity index (χ1n) is 8.72. The van der Waals surface area contributed by atoms with Crippen molar-refractivity contribution in [3.63, 3.8) is 0 Å². The average Bonchev–Trinajstić information content (AvgIpc) is 2.70. The van der Waals surface area contributed by atoms with Crippen LogP contribution in [0.4, 0.5) is 5.69 Å². The second-order valence-corrected chi connectivity index (χ2v) is 9.86. The molecule has 0 aliphatic rings. The predicted octanol–water partition coefficient (Wildman–Crippen LogP) is 4.74. The summed E-state index contributed by atoms with van der Waals surface area (Å²) >= 11 is 6.64. The van der Waals surface area contributed by atoms with Gasteiger partial charge in [-0.1, -0.05) is 62.2 Å². The molecule has 3 aromatic carbocycles. The number of nitrogens with one attached hydrogen (secondary N) is 2. The van der Waals surface area contributed by atoms with Crippen LogP contribution in [0.2, 0.25) is 0 Å². The largest absolute Gasteiger partial charge is 0.325 e. The lowest BCUT2D eigenvalue weighted by molar-refractivity contribution is -0.117. The molecule has 0 fully saturated rings. The molecule has 0 heterocycles. The molecule has 0 bridgehead atoms. The summed E-state index contributed by atoms with van der Waals surface area (Å²) in [6, 6.07) is 21.6. The van der Waals surface area contributed by atoms with Crippen LogP contribution in [0.25, 0.3) is 0 Å². The highest BCUT2D eigenvalue weighted by Gasteiger charge is 2.26. The highest BCUT2D eigenvalue weighted by Crippen LogP contribution is 2.17. The summed E-state index contributed by atoms with van der Waals surface area (Å²) in [5.74, 6) is -0.433. The summed E-state index contributed by atoms with van der Waals surface area (Å²) in [4.78, 5) is 13.0. The van der Waals surface area contributed by atoms with Crippen LogP contribution >= 0.6 is 31.9 Å². The van der Waals surface area contributed by atoms with Crippen LogP contribution in [0.15, 0.2) is 92.7 Å². The normalized spacial score (nSPS) is 12.3. The smallest absolute Gasteiger partial charge is 0.242 e. The van der Waals surface area contributed by atoms with Crippen molar-refractivity contribution in [3.05, 3.63) is 93.4 Å². The average molecular weight is 538 g/mol. The van der Waals surface area contributed by atoms with Gasteiger partial charge in [0.05, 0.1) is 4.90 Å². The SMILES string of the molecule is O=C(Nc1ccc(Br)cc1)[C@@H](Cc1ccccc1)NS(=O)(=O)c1ccc(Br)cc1. The van der Waals surface area contributed by atoms with E-state index in [-0.39, 0.29) is 11.3 Å². The number of carbonyl (C=O) groups excluding carboxylic acids is 1. The number of rotatable bonds is 7. The first-order chi connectivity index (χ1) is 13.8. The summed E-state index contributed by atoms with van der Waals surface area (Å²) in [6.07, 6.45) is 0.221. The molecular formula is C21H18Br2N2O3S. The Labute approximate surface area is 186 Å². The number of hydrogen-bond acceptors (Lipinski definition) is 3. The fourth-order valence-corrected chi connectivity index (χ4v) is 4.39. The molecule has 5 nitrogen and oxygen atoms in total. The van der Waals surface area contributed by atoms with Crippen LogP contribution in [-0.4, -0.2) is 20.4 Å². The van der Waals surface area contributed by atoms with Crippen LogP contribution in [-0.2, 0) is 21.2 Å². The van der Waals surface area contributed by atoms with Crippen LogP contribution in [0.5, 0.6) is 0 Å². The molecule has 0 spiro atoms. The van der Waals surface area contributed by atoms with E-state index in [9.17, 15) is 13.2 Å². The fraction of sp³-hybridized carbons (Fsp3) is 0.0952. The zero-order valence-corrected chi connectivity index (χ0v) is 19.2. The quantitative estimate of drug-likeness (QED) is 0.457. The number of halogens is 2. The van der Waals surface area contributed by atoms with Gasteiger partial charge in [0.2, 0.25) is 15.9 Å². The van der Waals surface area contributed by atoms with Gasteiger partial charge in [0.1, 0.15) is 6.04 Å². The molecule has 0 saturated carbocycles. The highest BCUT2D eigenvalue weighted by molar-refractivity contribution is 9.10. The Kier molecular flexibility index (Phi) is 7.23. The Bertz CT molecular complexity index is 1070. The van der Waals surface area contributed by atoms with Gasteiger partial charge in [-0.05, 0) is 60.5 Å². The number of anilines is 1. The number of carbonyl (C=O) groups is 1. The molecule has 0 saturated heterocycles. The minimum atomic E-state index is -3.88. The Morgan fingerprint density at radius 3 is 1.97 bits per heavy atom. The van der Waals surface area contributed by atoms with Gasteiger partial charge in [0.25, 0.3) is 0 Å². The Morgan fingerprint density at radius 1 is 0.828 bits per heavy atom. The van der Waals surface area contributed by atoms with Crippen LogP contribution < -0.4 is 10.0 Å². The van der Waals surface area contributed by atoms with E-state index < -0.39 is 22.0 Å². The molecule has 1 atom stereocenters. The molecular weight excluding hydrogens is 520 g/mol. The molecule has 0 aromatic heterocycles. The summed E-state index contributed by atoms with van der Waals surface area (Å²) in [5, 5.41) is 2.78. The van der Waals surface area contributed by atoms with Gasteiger partial charge >= 0.3 is 0 Å². The van der Waals surface area contributed by atoms with E-state index in [0.717, 1.165) is 14.5 Å². The summed E-state index contributed by atoms with van der Waals surface area (Å²) < 4.78 is 29.9. The van der Waals surface area contributed by atoms with Crippen molar-refractivity contribution >= 4 is 53.5 Å².